The molecule has 0 radical (unpaired) electrons. The lowest BCUT2D eigenvalue weighted by Crippen LogP contribution is -2.40. The van der Waals surface area contributed by atoms with Gasteiger partial charge in [0.25, 0.3) is 0 Å². The zero-order valence-corrected chi connectivity index (χ0v) is 8.07. The van der Waals surface area contributed by atoms with E-state index in [0.717, 1.165) is 24.9 Å². The number of Topliss-reactive ketones (excluding diaryl/α,β-unsaturated/α-hetero) is 1. The Balaban J connectivity index is 2.07. The van der Waals surface area contributed by atoms with Gasteiger partial charge in [0.2, 0.25) is 0 Å². The van der Waals surface area contributed by atoms with Crippen molar-refractivity contribution in [1.82, 2.24) is 10.3 Å². The Morgan fingerprint density at radius 1 is 1.36 bits per heavy atom. The van der Waals surface area contributed by atoms with Gasteiger partial charge < -0.3 is 5.32 Å². The Morgan fingerprint density at radius 3 is 2.79 bits per heavy atom. The summed E-state index contributed by atoms with van der Waals surface area (Å²) in [6.07, 6.45) is 6.61. The third-order valence-electron chi connectivity index (χ3n) is 2.59. The van der Waals surface area contributed by atoms with Crippen LogP contribution in [0.4, 0.5) is 0 Å². The molecule has 0 aromatic carbocycles. The SMILES string of the molecule is O=C(c1ccncc1)C1CCCCN1. The summed E-state index contributed by atoms with van der Waals surface area (Å²) in [5.41, 5.74) is 0.763. The normalized spacial score (nSPS) is 21.9. The van der Waals surface area contributed by atoms with Crippen molar-refractivity contribution < 1.29 is 4.79 Å². The van der Waals surface area contributed by atoms with Crippen LogP contribution in [0, 0.1) is 0 Å². The molecule has 0 aliphatic carbocycles. The molecule has 0 amide bonds. The smallest absolute Gasteiger partial charge is 0.179 e. The van der Waals surface area contributed by atoms with Crippen LogP contribution in [0.5, 0.6) is 0 Å². The Labute approximate surface area is 83.5 Å². The van der Waals surface area contributed by atoms with E-state index in [1.807, 2.05) is 0 Å². The topological polar surface area (TPSA) is 42.0 Å². The molecule has 1 unspecified atom stereocenters. The van der Waals surface area contributed by atoms with E-state index >= 15 is 0 Å². The molecule has 2 rings (SSSR count). The predicted molar refractivity (Wildman–Crippen MR) is 54.2 cm³/mol. The molecule has 0 saturated carbocycles. The number of hydrogen-bond donors (Lipinski definition) is 1. The first-order chi connectivity index (χ1) is 6.88. The van der Waals surface area contributed by atoms with Crippen molar-refractivity contribution in [2.24, 2.45) is 0 Å². The Morgan fingerprint density at radius 2 is 2.14 bits per heavy atom. The third-order valence-corrected chi connectivity index (χ3v) is 2.59. The number of piperidine rings is 1. The second kappa shape index (κ2) is 4.33. The van der Waals surface area contributed by atoms with Gasteiger partial charge in [0.1, 0.15) is 0 Å². The molecule has 1 saturated heterocycles. The van der Waals surface area contributed by atoms with Gasteiger partial charge in [-0.2, -0.15) is 0 Å². The van der Waals surface area contributed by atoms with Crippen LogP contribution in [0.1, 0.15) is 29.6 Å². The van der Waals surface area contributed by atoms with Crippen LogP contribution in [0.15, 0.2) is 24.5 Å². The maximum atomic E-state index is 11.9. The number of rotatable bonds is 2. The summed E-state index contributed by atoms with van der Waals surface area (Å²) in [5.74, 6) is 0.201. The van der Waals surface area contributed by atoms with Crippen LogP contribution in [-0.2, 0) is 0 Å². The Bertz CT molecular complexity index is 304. The molecule has 1 aliphatic heterocycles. The molecule has 1 fully saturated rings. The molecule has 74 valence electrons. The fourth-order valence-corrected chi connectivity index (χ4v) is 1.79. The van der Waals surface area contributed by atoms with Crippen LogP contribution < -0.4 is 5.32 Å². The minimum Gasteiger partial charge on any atom is -0.307 e. The van der Waals surface area contributed by atoms with Crippen molar-refractivity contribution in [3.8, 4) is 0 Å². The molecule has 3 nitrogen and oxygen atoms in total. The maximum Gasteiger partial charge on any atom is 0.179 e. The molecule has 1 aromatic rings. The molecule has 1 atom stereocenters. The number of carbonyl (C=O) groups is 1. The zero-order chi connectivity index (χ0) is 9.80. The Hall–Kier alpha value is -1.22. The van der Waals surface area contributed by atoms with Crippen LogP contribution in [-0.4, -0.2) is 23.4 Å². The highest BCUT2D eigenvalue weighted by Crippen LogP contribution is 2.12. The van der Waals surface area contributed by atoms with E-state index < -0.39 is 0 Å². The van der Waals surface area contributed by atoms with E-state index in [0.29, 0.717) is 0 Å². The molecule has 1 N–H and O–H groups in total. The molecule has 14 heavy (non-hydrogen) atoms. The summed E-state index contributed by atoms with van der Waals surface area (Å²) in [5, 5.41) is 3.25. The van der Waals surface area contributed by atoms with Gasteiger partial charge in [-0.1, -0.05) is 6.42 Å². The fraction of sp³-hybridized carbons (Fsp3) is 0.455. The first-order valence-corrected chi connectivity index (χ1v) is 5.05. The summed E-state index contributed by atoms with van der Waals surface area (Å²) < 4.78 is 0. The van der Waals surface area contributed by atoms with E-state index in [4.69, 9.17) is 0 Å². The molecule has 1 aromatic heterocycles. The van der Waals surface area contributed by atoms with Crippen LogP contribution in [0.25, 0.3) is 0 Å². The average Bonchev–Trinajstić information content (AvgIpc) is 2.30. The van der Waals surface area contributed by atoms with Gasteiger partial charge in [-0.15, -0.1) is 0 Å². The molecular weight excluding hydrogens is 176 g/mol. The number of pyridine rings is 1. The van der Waals surface area contributed by atoms with Crippen LogP contribution in [0.2, 0.25) is 0 Å². The van der Waals surface area contributed by atoms with Gasteiger partial charge >= 0.3 is 0 Å². The summed E-state index contributed by atoms with van der Waals surface area (Å²) in [6, 6.07) is 3.57. The molecule has 0 spiro atoms. The van der Waals surface area contributed by atoms with E-state index in [9.17, 15) is 4.79 Å². The van der Waals surface area contributed by atoms with Crippen LogP contribution in [0.3, 0.4) is 0 Å². The second-order valence-corrected chi connectivity index (χ2v) is 3.60. The highest BCUT2D eigenvalue weighted by atomic mass is 16.1. The van der Waals surface area contributed by atoms with Crippen LogP contribution >= 0.6 is 0 Å². The van der Waals surface area contributed by atoms with Crippen molar-refractivity contribution in [1.29, 1.82) is 0 Å². The van der Waals surface area contributed by atoms with Gasteiger partial charge in [-0.05, 0) is 31.5 Å². The lowest BCUT2D eigenvalue weighted by molar-refractivity contribution is 0.0927. The standard InChI is InChI=1S/C11H14N2O/c14-11(9-4-7-12-8-5-9)10-3-1-2-6-13-10/h4-5,7-8,10,13H,1-3,6H2. The monoisotopic (exact) mass is 190 g/mol. The Kier molecular flexibility index (Phi) is 2.89. The number of ketones is 1. The van der Waals surface area contributed by atoms with Gasteiger partial charge in [0.05, 0.1) is 6.04 Å². The fourth-order valence-electron chi connectivity index (χ4n) is 1.79. The largest absolute Gasteiger partial charge is 0.307 e. The number of nitrogens with zero attached hydrogens (tertiary/aromatic N) is 1. The lowest BCUT2D eigenvalue weighted by atomic mass is 9.97. The third kappa shape index (κ3) is 1.99. The van der Waals surface area contributed by atoms with Crippen molar-refractivity contribution in [2.75, 3.05) is 6.54 Å². The first-order valence-electron chi connectivity index (χ1n) is 5.05. The number of hydrogen-bond acceptors (Lipinski definition) is 3. The molecule has 1 aliphatic rings. The van der Waals surface area contributed by atoms with Crippen molar-refractivity contribution in [3.63, 3.8) is 0 Å². The second-order valence-electron chi connectivity index (χ2n) is 3.60. The number of carbonyl (C=O) groups excluding carboxylic acids is 1. The highest BCUT2D eigenvalue weighted by molar-refractivity contribution is 6.00. The minimum absolute atomic E-state index is 0.0196. The van der Waals surface area contributed by atoms with Crippen molar-refractivity contribution in [3.05, 3.63) is 30.1 Å². The highest BCUT2D eigenvalue weighted by Gasteiger charge is 2.21. The quantitative estimate of drug-likeness (QED) is 0.717. The minimum atomic E-state index is 0.0196. The van der Waals surface area contributed by atoms with E-state index in [2.05, 4.69) is 10.3 Å². The summed E-state index contributed by atoms with van der Waals surface area (Å²) in [6.45, 7) is 0.960. The molecular formula is C11H14N2O. The first kappa shape index (κ1) is 9.34. The summed E-state index contributed by atoms with van der Waals surface area (Å²) in [7, 11) is 0. The lowest BCUT2D eigenvalue weighted by Gasteiger charge is -2.21. The van der Waals surface area contributed by atoms with Gasteiger partial charge in [0, 0.05) is 18.0 Å². The average molecular weight is 190 g/mol. The van der Waals surface area contributed by atoms with E-state index in [1.54, 1.807) is 24.5 Å². The molecule has 2 heterocycles. The molecule has 3 heteroatoms. The van der Waals surface area contributed by atoms with Gasteiger partial charge in [0.15, 0.2) is 5.78 Å². The maximum absolute atomic E-state index is 11.9. The van der Waals surface area contributed by atoms with Crippen molar-refractivity contribution in [2.45, 2.75) is 25.3 Å². The van der Waals surface area contributed by atoms with Gasteiger partial charge in [-0.3, -0.25) is 9.78 Å². The van der Waals surface area contributed by atoms with E-state index in [1.165, 1.54) is 6.42 Å². The summed E-state index contributed by atoms with van der Waals surface area (Å²) >= 11 is 0. The molecule has 0 bridgehead atoms. The summed E-state index contributed by atoms with van der Waals surface area (Å²) in [4.78, 5) is 15.8. The number of nitrogens with one attached hydrogen (secondary N) is 1. The van der Waals surface area contributed by atoms with Gasteiger partial charge in [-0.25, -0.2) is 0 Å². The number of aromatic nitrogens is 1. The van der Waals surface area contributed by atoms with Crippen molar-refractivity contribution >= 4 is 5.78 Å². The van der Waals surface area contributed by atoms with E-state index in [-0.39, 0.29) is 11.8 Å². The zero-order valence-electron chi connectivity index (χ0n) is 8.07. The predicted octanol–water partition coefficient (Wildman–Crippen LogP) is 1.41.